The Bertz CT molecular complexity index is 911. The summed E-state index contributed by atoms with van der Waals surface area (Å²) in [6.45, 7) is 7.53. The molecule has 3 aromatic rings. The number of hydrogen-bond donors (Lipinski definition) is 1. The molecule has 26 heavy (non-hydrogen) atoms. The van der Waals surface area contributed by atoms with Crippen molar-refractivity contribution in [1.29, 1.82) is 0 Å². The minimum absolute atomic E-state index is 0.123. The Morgan fingerprint density at radius 2 is 1.88 bits per heavy atom. The van der Waals surface area contributed by atoms with Crippen LogP contribution in [0.25, 0.3) is 22.4 Å². The molecule has 9 heteroatoms. The highest BCUT2D eigenvalue weighted by atomic mass is 35.5. The second-order valence-corrected chi connectivity index (χ2v) is 6.79. The van der Waals surface area contributed by atoms with Gasteiger partial charge in [-0.05, 0) is 36.8 Å². The highest BCUT2D eigenvalue weighted by molar-refractivity contribution is 6.37. The Balaban J connectivity index is 1.94. The van der Waals surface area contributed by atoms with E-state index in [4.69, 9.17) is 39.5 Å². The van der Waals surface area contributed by atoms with Crippen LogP contribution in [0.15, 0.2) is 18.5 Å². The van der Waals surface area contributed by atoms with Crippen LogP contribution in [0.4, 0.5) is 0 Å². The fraction of sp³-hybridized carbons (Fsp3) is 0.353. The molecule has 2 heterocycles. The highest BCUT2D eigenvalue weighted by Gasteiger charge is 2.20. The second kappa shape index (κ2) is 8.39. The third kappa shape index (κ3) is 4.04. The number of rotatable bonds is 7. The fourth-order valence-corrected chi connectivity index (χ4v) is 3.39. The molecule has 0 bridgehead atoms. The van der Waals surface area contributed by atoms with E-state index in [9.17, 15) is 0 Å². The van der Waals surface area contributed by atoms with E-state index >= 15 is 0 Å². The van der Waals surface area contributed by atoms with E-state index in [1.54, 1.807) is 18.5 Å². The SMILES string of the molecule is CCN(CC)CCOc1cc(-c2nc(Cl)nc3[nH+]c[nH]c23)c(Cl)cc1Cl. The summed E-state index contributed by atoms with van der Waals surface area (Å²) in [6.07, 6.45) is 1.66. The van der Waals surface area contributed by atoms with Gasteiger partial charge in [0.25, 0.3) is 5.28 Å². The molecule has 0 fully saturated rings. The highest BCUT2D eigenvalue weighted by Crippen LogP contribution is 2.38. The van der Waals surface area contributed by atoms with Crippen molar-refractivity contribution in [3.8, 4) is 17.0 Å². The van der Waals surface area contributed by atoms with Crippen LogP contribution in [0.3, 0.4) is 0 Å². The average molecular weight is 416 g/mol. The van der Waals surface area contributed by atoms with Gasteiger partial charge in [-0.2, -0.15) is 4.98 Å². The Hall–Kier alpha value is -1.60. The summed E-state index contributed by atoms with van der Waals surface area (Å²) in [7, 11) is 0. The third-order valence-electron chi connectivity index (χ3n) is 4.14. The molecular weight excluding hydrogens is 397 g/mol. The number of benzene rings is 1. The maximum absolute atomic E-state index is 6.41. The van der Waals surface area contributed by atoms with E-state index in [0.29, 0.717) is 44.8 Å². The van der Waals surface area contributed by atoms with Crippen LogP contribution in [0.5, 0.6) is 5.75 Å². The number of aromatic amines is 2. The van der Waals surface area contributed by atoms with Crippen molar-refractivity contribution in [3.05, 3.63) is 33.8 Å². The molecule has 3 rings (SSSR count). The van der Waals surface area contributed by atoms with Crippen molar-refractivity contribution in [2.24, 2.45) is 0 Å². The maximum Gasteiger partial charge on any atom is 0.305 e. The Morgan fingerprint density at radius 1 is 1.12 bits per heavy atom. The molecule has 2 aromatic heterocycles. The summed E-state index contributed by atoms with van der Waals surface area (Å²) in [5.74, 6) is 0.552. The largest absolute Gasteiger partial charge is 0.491 e. The lowest BCUT2D eigenvalue weighted by molar-refractivity contribution is -0.347. The van der Waals surface area contributed by atoms with E-state index < -0.39 is 0 Å². The van der Waals surface area contributed by atoms with Crippen molar-refractivity contribution >= 4 is 46.0 Å². The molecule has 0 unspecified atom stereocenters. The van der Waals surface area contributed by atoms with Gasteiger partial charge in [-0.1, -0.05) is 42.0 Å². The summed E-state index contributed by atoms with van der Waals surface area (Å²) >= 11 is 18.8. The smallest absolute Gasteiger partial charge is 0.305 e. The number of fused-ring (bicyclic) bond motifs is 1. The number of hydrogen-bond acceptors (Lipinski definition) is 4. The molecule has 0 spiro atoms. The first-order valence-corrected chi connectivity index (χ1v) is 9.43. The zero-order valence-electron chi connectivity index (χ0n) is 14.4. The van der Waals surface area contributed by atoms with Crippen molar-refractivity contribution in [2.75, 3.05) is 26.2 Å². The van der Waals surface area contributed by atoms with Crippen LogP contribution in [0.1, 0.15) is 13.8 Å². The number of aromatic nitrogens is 4. The molecular formula is C17H19Cl3N5O+. The summed E-state index contributed by atoms with van der Waals surface area (Å²) < 4.78 is 5.89. The summed E-state index contributed by atoms with van der Waals surface area (Å²) in [6, 6.07) is 3.44. The van der Waals surface area contributed by atoms with E-state index in [1.807, 2.05) is 0 Å². The van der Waals surface area contributed by atoms with E-state index in [-0.39, 0.29) is 5.28 Å². The normalized spacial score (nSPS) is 11.5. The molecule has 0 aliphatic rings. The Morgan fingerprint density at radius 3 is 2.62 bits per heavy atom. The first-order chi connectivity index (χ1) is 12.5. The number of nitrogens with zero attached hydrogens (tertiary/aromatic N) is 3. The molecule has 1 aromatic carbocycles. The minimum Gasteiger partial charge on any atom is -0.491 e. The first kappa shape index (κ1) is 19.2. The number of halogens is 3. The van der Waals surface area contributed by atoms with Crippen LogP contribution >= 0.6 is 34.8 Å². The van der Waals surface area contributed by atoms with Gasteiger partial charge in [0, 0.05) is 12.1 Å². The lowest BCUT2D eigenvalue weighted by Crippen LogP contribution is -2.27. The van der Waals surface area contributed by atoms with Crippen LogP contribution in [0, 0.1) is 0 Å². The first-order valence-electron chi connectivity index (χ1n) is 8.30. The number of imidazole rings is 1. The van der Waals surface area contributed by atoms with E-state index in [1.165, 1.54) is 0 Å². The van der Waals surface area contributed by atoms with Crippen LogP contribution in [-0.2, 0) is 0 Å². The van der Waals surface area contributed by atoms with Crippen LogP contribution in [0.2, 0.25) is 15.3 Å². The molecule has 0 radical (unpaired) electrons. The van der Waals surface area contributed by atoms with Gasteiger partial charge in [0.2, 0.25) is 0 Å². The monoisotopic (exact) mass is 414 g/mol. The lowest BCUT2D eigenvalue weighted by Gasteiger charge is -2.18. The van der Waals surface area contributed by atoms with Crippen molar-refractivity contribution in [2.45, 2.75) is 13.8 Å². The summed E-state index contributed by atoms with van der Waals surface area (Å²) in [5.41, 5.74) is 2.54. The molecule has 0 atom stereocenters. The topological polar surface area (TPSA) is 68.2 Å². The molecule has 0 saturated heterocycles. The van der Waals surface area contributed by atoms with Gasteiger partial charge >= 0.3 is 5.65 Å². The van der Waals surface area contributed by atoms with Gasteiger partial charge in [0.05, 0.1) is 10.0 Å². The standard InChI is InChI=1S/C17H18Cl3N5O/c1-3-25(4-2)5-6-26-13-7-10(11(18)8-12(13)19)14-15-16(22-9-21-15)24-17(20)23-14/h7-9H,3-6H2,1-2H3,(H,21,22,23,24)/p+1. The predicted molar refractivity (Wildman–Crippen MR) is 104 cm³/mol. The third-order valence-corrected chi connectivity index (χ3v) is 4.92. The number of ether oxygens (including phenoxy) is 1. The van der Waals surface area contributed by atoms with Crippen molar-refractivity contribution in [3.63, 3.8) is 0 Å². The minimum atomic E-state index is 0.123. The molecule has 138 valence electrons. The lowest BCUT2D eigenvalue weighted by atomic mass is 10.1. The van der Waals surface area contributed by atoms with Crippen LogP contribution < -0.4 is 9.72 Å². The number of likely N-dealkylation sites (N-methyl/N-ethyl adjacent to an activating group) is 1. The summed E-state index contributed by atoms with van der Waals surface area (Å²) in [4.78, 5) is 16.8. The quantitative estimate of drug-likeness (QED) is 0.589. The second-order valence-electron chi connectivity index (χ2n) is 5.64. The molecule has 2 N–H and O–H groups in total. The summed E-state index contributed by atoms with van der Waals surface area (Å²) in [5, 5.41) is 1.03. The number of nitrogens with one attached hydrogen (secondary N) is 2. The Labute approximate surface area is 166 Å². The molecule has 0 amide bonds. The van der Waals surface area contributed by atoms with Gasteiger partial charge in [-0.15, -0.1) is 0 Å². The maximum atomic E-state index is 6.41. The molecule has 6 nitrogen and oxygen atoms in total. The van der Waals surface area contributed by atoms with E-state index in [2.05, 4.69) is 38.7 Å². The van der Waals surface area contributed by atoms with Gasteiger partial charge < -0.3 is 9.64 Å². The van der Waals surface area contributed by atoms with Gasteiger partial charge in [0.1, 0.15) is 18.1 Å². The zero-order valence-corrected chi connectivity index (χ0v) is 16.7. The average Bonchev–Trinajstić information content (AvgIpc) is 3.08. The van der Waals surface area contributed by atoms with Gasteiger partial charge in [-0.25, -0.2) is 4.98 Å². The fourth-order valence-electron chi connectivity index (χ4n) is 2.69. The number of H-pyrrole nitrogens is 2. The van der Waals surface area contributed by atoms with Crippen molar-refractivity contribution in [1.82, 2.24) is 19.9 Å². The molecule has 0 saturated carbocycles. The molecule has 0 aliphatic heterocycles. The van der Waals surface area contributed by atoms with Gasteiger partial charge in [-0.3, -0.25) is 4.98 Å². The van der Waals surface area contributed by atoms with Crippen LogP contribution in [-0.4, -0.2) is 46.1 Å². The van der Waals surface area contributed by atoms with Crippen molar-refractivity contribution < 1.29 is 9.72 Å². The van der Waals surface area contributed by atoms with Gasteiger partial charge in [0.15, 0.2) is 11.8 Å². The Kier molecular flexibility index (Phi) is 6.19. The zero-order chi connectivity index (χ0) is 18.7. The molecule has 0 aliphatic carbocycles. The predicted octanol–water partition coefficient (Wildman–Crippen LogP) is 4.12. The van der Waals surface area contributed by atoms with E-state index in [0.717, 1.165) is 19.6 Å².